The van der Waals surface area contributed by atoms with Gasteiger partial charge in [-0.3, -0.25) is 4.79 Å². The first-order valence-electron chi connectivity index (χ1n) is 7.47. The third-order valence-corrected chi connectivity index (χ3v) is 5.83. The molecular formula is C16H21NO6S. The second-order valence-electron chi connectivity index (χ2n) is 6.21. The second-order valence-corrected chi connectivity index (χ2v) is 8.40. The summed E-state index contributed by atoms with van der Waals surface area (Å²) < 4.78 is 33.2. The molecule has 1 N–H and O–H groups in total. The molecule has 132 valence electrons. The highest BCUT2D eigenvalue weighted by Crippen LogP contribution is 2.23. The summed E-state index contributed by atoms with van der Waals surface area (Å²) in [6, 6.07) is 4.85. The van der Waals surface area contributed by atoms with E-state index in [1.54, 1.807) is 25.1 Å². The van der Waals surface area contributed by atoms with Gasteiger partial charge in [0.05, 0.1) is 29.7 Å². The number of amides is 1. The van der Waals surface area contributed by atoms with Gasteiger partial charge in [-0.25, -0.2) is 13.2 Å². The maximum absolute atomic E-state index is 12.0. The fraction of sp³-hybridized carbons (Fsp3) is 0.500. The number of carbonyl (C=O) groups excluding carboxylic acids is 2. The second kappa shape index (κ2) is 6.80. The van der Waals surface area contributed by atoms with Gasteiger partial charge in [0, 0.05) is 0 Å². The van der Waals surface area contributed by atoms with Crippen LogP contribution < -0.4 is 10.1 Å². The van der Waals surface area contributed by atoms with Crippen LogP contribution in [0.15, 0.2) is 18.2 Å². The predicted molar refractivity (Wildman–Crippen MR) is 87.8 cm³/mol. The van der Waals surface area contributed by atoms with E-state index in [1.807, 2.05) is 6.92 Å². The Bertz CT molecular complexity index is 758. The van der Waals surface area contributed by atoms with Crippen LogP contribution in [0.5, 0.6) is 5.75 Å². The lowest BCUT2D eigenvalue weighted by atomic mass is 10.0. The molecule has 24 heavy (non-hydrogen) atoms. The minimum Gasteiger partial charge on any atom is -0.496 e. The average molecular weight is 355 g/mol. The quantitative estimate of drug-likeness (QED) is 0.787. The van der Waals surface area contributed by atoms with Gasteiger partial charge in [-0.05, 0) is 38.0 Å². The highest BCUT2D eigenvalue weighted by atomic mass is 32.2. The van der Waals surface area contributed by atoms with E-state index in [-0.39, 0.29) is 17.1 Å². The molecule has 1 amide bonds. The van der Waals surface area contributed by atoms with Crippen molar-refractivity contribution >= 4 is 21.7 Å². The maximum atomic E-state index is 12.0. The molecule has 1 atom stereocenters. The molecule has 0 aliphatic carbocycles. The maximum Gasteiger partial charge on any atom is 0.338 e. The van der Waals surface area contributed by atoms with Gasteiger partial charge in [-0.15, -0.1) is 0 Å². The van der Waals surface area contributed by atoms with Gasteiger partial charge in [0.1, 0.15) is 5.75 Å². The van der Waals surface area contributed by atoms with Crippen molar-refractivity contribution in [2.45, 2.75) is 25.8 Å². The van der Waals surface area contributed by atoms with E-state index < -0.39 is 33.9 Å². The minimum absolute atomic E-state index is 0.0483. The Kier molecular flexibility index (Phi) is 5.17. The largest absolute Gasteiger partial charge is 0.496 e. The summed E-state index contributed by atoms with van der Waals surface area (Å²) in [5, 5.41) is 2.63. The van der Waals surface area contributed by atoms with Crippen molar-refractivity contribution < 1.29 is 27.5 Å². The van der Waals surface area contributed by atoms with E-state index in [0.29, 0.717) is 12.2 Å². The number of sulfone groups is 1. The summed E-state index contributed by atoms with van der Waals surface area (Å²) in [7, 11) is -1.62. The Balaban J connectivity index is 1.91. The number of carbonyl (C=O) groups is 2. The van der Waals surface area contributed by atoms with Crippen LogP contribution in [0.1, 0.15) is 29.3 Å². The molecule has 1 aromatic rings. The predicted octanol–water partition coefficient (Wildman–Crippen LogP) is 0.854. The van der Waals surface area contributed by atoms with Gasteiger partial charge < -0.3 is 14.8 Å². The number of hydrogen-bond donors (Lipinski definition) is 1. The van der Waals surface area contributed by atoms with Crippen molar-refractivity contribution in [1.29, 1.82) is 0 Å². The van der Waals surface area contributed by atoms with Gasteiger partial charge in [0.25, 0.3) is 5.91 Å². The molecule has 1 aliphatic rings. The number of benzene rings is 1. The molecule has 2 rings (SSSR count). The molecular weight excluding hydrogens is 334 g/mol. The summed E-state index contributed by atoms with van der Waals surface area (Å²) in [5.74, 6) is -0.672. The van der Waals surface area contributed by atoms with E-state index in [2.05, 4.69) is 5.32 Å². The summed E-state index contributed by atoms with van der Waals surface area (Å²) in [5.41, 5.74) is 0.345. The number of nitrogens with one attached hydrogen (secondary N) is 1. The first-order chi connectivity index (χ1) is 11.1. The molecule has 8 heteroatoms. The Morgan fingerprint density at radius 1 is 1.33 bits per heavy atom. The van der Waals surface area contributed by atoms with E-state index in [9.17, 15) is 18.0 Å². The fourth-order valence-corrected chi connectivity index (χ4v) is 4.74. The lowest BCUT2D eigenvalue weighted by Gasteiger charge is -2.23. The van der Waals surface area contributed by atoms with Gasteiger partial charge in [-0.2, -0.15) is 0 Å². The monoisotopic (exact) mass is 355 g/mol. The van der Waals surface area contributed by atoms with Gasteiger partial charge >= 0.3 is 5.97 Å². The van der Waals surface area contributed by atoms with Crippen LogP contribution >= 0.6 is 0 Å². The summed E-state index contributed by atoms with van der Waals surface area (Å²) in [4.78, 5) is 23.9. The molecule has 0 unspecified atom stereocenters. The van der Waals surface area contributed by atoms with Crippen LogP contribution in [-0.2, 0) is 19.4 Å². The number of methoxy groups -OCH3 is 1. The first kappa shape index (κ1) is 18.3. The topological polar surface area (TPSA) is 98.8 Å². The fourth-order valence-electron chi connectivity index (χ4n) is 2.64. The van der Waals surface area contributed by atoms with Crippen molar-refractivity contribution in [2.24, 2.45) is 0 Å². The lowest BCUT2D eigenvalue weighted by Crippen LogP contribution is -2.48. The third kappa shape index (κ3) is 4.47. The van der Waals surface area contributed by atoms with Crippen molar-refractivity contribution in [3.8, 4) is 5.75 Å². The van der Waals surface area contributed by atoms with Gasteiger partial charge in [0.15, 0.2) is 16.4 Å². The number of rotatable bonds is 5. The average Bonchev–Trinajstić information content (AvgIpc) is 2.78. The lowest BCUT2D eigenvalue weighted by molar-refractivity contribution is -0.125. The van der Waals surface area contributed by atoms with Crippen LogP contribution in [0.25, 0.3) is 0 Å². The molecule has 0 radical (unpaired) electrons. The zero-order chi connectivity index (χ0) is 18.0. The molecule has 1 fully saturated rings. The molecule has 1 saturated heterocycles. The molecule has 0 saturated carbocycles. The Morgan fingerprint density at radius 3 is 2.62 bits per heavy atom. The molecule has 7 nitrogen and oxygen atoms in total. The highest BCUT2D eigenvalue weighted by molar-refractivity contribution is 7.91. The standard InChI is InChI=1S/C16H21NO6S/c1-11-4-5-12(8-13(11)22-3)15(19)23-9-14(18)17-16(2)6-7-24(20,21)10-16/h4-5,8H,6-7,9-10H2,1-3H3,(H,17,18)/t16-/m1/s1. The third-order valence-electron chi connectivity index (χ3n) is 3.92. The first-order valence-corrected chi connectivity index (χ1v) is 9.29. The molecule has 0 spiro atoms. The number of hydrogen-bond acceptors (Lipinski definition) is 6. The zero-order valence-electron chi connectivity index (χ0n) is 13.9. The van der Waals surface area contributed by atoms with Crippen molar-refractivity contribution in [3.05, 3.63) is 29.3 Å². The van der Waals surface area contributed by atoms with Gasteiger partial charge in [0.2, 0.25) is 0 Å². The SMILES string of the molecule is COc1cc(C(=O)OCC(=O)N[C@]2(C)CCS(=O)(=O)C2)ccc1C. The Hall–Kier alpha value is -2.09. The molecule has 1 aliphatic heterocycles. The number of aryl methyl sites for hydroxylation is 1. The van der Waals surface area contributed by atoms with Crippen LogP contribution in [0.2, 0.25) is 0 Å². The molecule has 1 aromatic carbocycles. The number of ether oxygens (including phenoxy) is 2. The van der Waals surface area contributed by atoms with Crippen molar-refractivity contribution in [2.75, 3.05) is 25.2 Å². The highest BCUT2D eigenvalue weighted by Gasteiger charge is 2.39. The molecule has 0 aromatic heterocycles. The molecule has 0 bridgehead atoms. The summed E-state index contributed by atoms with van der Waals surface area (Å²) in [6.45, 7) is 3.05. The zero-order valence-corrected chi connectivity index (χ0v) is 14.7. The molecule has 1 heterocycles. The van der Waals surface area contributed by atoms with Gasteiger partial charge in [-0.1, -0.05) is 6.07 Å². The van der Waals surface area contributed by atoms with E-state index in [1.165, 1.54) is 7.11 Å². The summed E-state index contributed by atoms with van der Waals surface area (Å²) in [6.07, 6.45) is 0.351. The van der Waals surface area contributed by atoms with Crippen LogP contribution in [-0.4, -0.2) is 51.1 Å². The Labute approximate surface area is 141 Å². The normalized spacial score (nSPS) is 22.0. The van der Waals surface area contributed by atoms with Crippen LogP contribution in [0.4, 0.5) is 0 Å². The minimum atomic E-state index is -3.12. The summed E-state index contributed by atoms with van der Waals surface area (Å²) >= 11 is 0. The van der Waals surface area contributed by atoms with Crippen molar-refractivity contribution in [3.63, 3.8) is 0 Å². The van der Waals surface area contributed by atoms with Crippen molar-refractivity contribution in [1.82, 2.24) is 5.32 Å². The number of esters is 1. The smallest absolute Gasteiger partial charge is 0.338 e. The van der Waals surface area contributed by atoms with E-state index in [4.69, 9.17) is 9.47 Å². The van der Waals surface area contributed by atoms with Crippen LogP contribution in [0.3, 0.4) is 0 Å². The van der Waals surface area contributed by atoms with E-state index >= 15 is 0 Å². The van der Waals surface area contributed by atoms with Crippen LogP contribution in [0, 0.1) is 6.92 Å². The Morgan fingerprint density at radius 2 is 2.04 bits per heavy atom. The van der Waals surface area contributed by atoms with E-state index in [0.717, 1.165) is 5.56 Å².